The number of nitrogens with zero attached hydrogens (tertiary/aromatic N) is 3. The molecule has 3 aromatic rings. The van der Waals surface area contributed by atoms with Gasteiger partial charge in [0.2, 0.25) is 0 Å². The summed E-state index contributed by atoms with van der Waals surface area (Å²) in [6.07, 6.45) is 0.733. The van der Waals surface area contributed by atoms with Crippen molar-refractivity contribution in [3.05, 3.63) is 58.4 Å². The fourth-order valence-electron chi connectivity index (χ4n) is 2.57. The number of halogens is 1. The van der Waals surface area contributed by atoms with Crippen LogP contribution in [0.2, 0.25) is 5.02 Å². The maximum Gasteiger partial charge on any atom is 0.252 e. The zero-order chi connectivity index (χ0) is 17.3. The molecule has 24 heavy (non-hydrogen) atoms. The largest absolute Gasteiger partial charge is 0.387 e. The fourth-order valence-corrected chi connectivity index (χ4v) is 2.83. The second kappa shape index (κ2) is 6.59. The molecule has 6 nitrogen and oxygen atoms in total. The van der Waals surface area contributed by atoms with Crippen LogP contribution in [0.4, 0.5) is 0 Å². The van der Waals surface area contributed by atoms with Crippen molar-refractivity contribution in [2.24, 2.45) is 7.05 Å². The number of carbonyl (C=O) groups excluding carboxylic acids is 1. The Balaban J connectivity index is 1.80. The molecule has 0 radical (unpaired) electrons. The molecular formula is C17H17ClN4O2. The number of pyridine rings is 1. The molecule has 2 aromatic heterocycles. The Morgan fingerprint density at radius 3 is 2.92 bits per heavy atom. The molecule has 0 aliphatic carbocycles. The van der Waals surface area contributed by atoms with Gasteiger partial charge in [0.05, 0.1) is 23.3 Å². The van der Waals surface area contributed by atoms with Crippen LogP contribution in [-0.2, 0) is 7.05 Å². The van der Waals surface area contributed by atoms with Crippen molar-refractivity contribution < 1.29 is 9.90 Å². The van der Waals surface area contributed by atoms with Crippen LogP contribution in [0.1, 0.15) is 27.7 Å². The highest BCUT2D eigenvalue weighted by atomic mass is 35.5. The Morgan fingerprint density at radius 2 is 2.17 bits per heavy atom. The normalized spacial score (nSPS) is 12.3. The van der Waals surface area contributed by atoms with Crippen LogP contribution in [0.3, 0.4) is 0 Å². The second-order valence-electron chi connectivity index (χ2n) is 5.56. The number of aliphatic hydroxyl groups excluding tert-OH is 1. The smallest absolute Gasteiger partial charge is 0.252 e. The monoisotopic (exact) mass is 344 g/mol. The predicted octanol–water partition coefficient (Wildman–Crippen LogP) is 2.39. The van der Waals surface area contributed by atoms with Gasteiger partial charge in [-0.3, -0.25) is 9.48 Å². The predicted molar refractivity (Wildman–Crippen MR) is 92.0 cm³/mol. The molecule has 0 saturated carbocycles. The van der Waals surface area contributed by atoms with Crippen LogP contribution in [0.25, 0.3) is 11.0 Å². The summed E-state index contributed by atoms with van der Waals surface area (Å²) in [7, 11) is 1.78. The maximum absolute atomic E-state index is 12.5. The summed E-state index contributed by atoms with van der Waals surface area (Å²) in [5.74, 6) is -0.287. The second-order valence-corrected chi connectivity index (χ2v) is 5.97. The molecule has 0 spiro atoms. The lowest BCUT2D eigenvalue weighted by molar-refractivity contribution is 0.0918. The summed E-state index contributed by atoms with van der Waals surface area (Å²) in [6.45, 7) is 1.88. The number of hydrogen-bond acceptors (Lipinski definition) is 4. The summed E-state index contributed by atoms with van der Waals surface area (Å²) in [5.41, 5.74) is 2.43. The van der Waals surface area contributed by atoms with Gasteiger partial charge in [0.1, 0.15) is 0 Å². The molecule has 2 N–H and O–H groups in total. The van der Waals surface area contributed by atoms with E-state index in [1.165, 1.54) is 0 Å². The van der Waals surface area contributed by atoms with Gasteiger partial charge in [-0.25, -0.2) is 4.98 Å². The zero-order valence-electron chi connectivity index (χ0n) is 13.3. The van der Waals surface area contributed by atoms with E-state index in [4.69, 9.17) is 11.6 Å². The molecule has 7 heteroatoms. The fraction of sp³-hybridized carbons (Fsp3) is 0.235. The third kappa shape index (κ3) is 3.11. The molecule has 0 fully saturated rings. The van der Waals surface area contributed by atoms with Crippen molar-refractivity contribution >= 4 is 28.5 Å². The summed E-state index contributed by atoms with van der Waals surface area (Å²) in [5, 5.41) is 18.3. The van der Waals surface area contributed by atoms with E-state index in [0.717, 1.165) is 5.69 Å². The quantitative estimate of drug-likeness (QED) is 0.761. The van der Waals surface area contributed by atoms with Crippen molar-refractivity contribution in [3.63, 3.8) is 0 Å². The van der Waals surface area contributed by atoms with E-state index in [1.54, 1.807) is 48.3 Å². The highest BCUT2D eigenvalue weighted by molar-refractivity contribution is 6.31. The number of aliphatic hydroxyl groups is 1. The number of rotatable bonds is 4. The van der Waals surface area contributed by atoms with E-state index in [1.807, 2.05) is 6.92 Å². The minimum Gasteiger partial charge on any atom is -0.387 e. The zero-order valence-corrected chi connectivity index (χ0v) is 14.1. The van der Waals surface area contributed by atoms with Gasteiger partial charge in [0, 0.05) is 29.9 Å². The van der Waals surface area contributed by atoms with E-state index >= 15 is 0 Å². The highest BCUT2D eigenvalue weighted by Crippen LogP contribution is 2.22. The van der Waals surface area contributed by atoms with Crippen LogP contribution >= 0.6 is 11.6 Å². The van der Waals surface area contributed by atoms with Gasteiger partial charge in [-0.1, -0.05) is 29.8 Å². The van der Waals surface area contributed by atoms with Crippen molar-refractivity contribution in [1.82, 2.24) is 20.1 Å². The lowest BCUT2D eigenvalue weighted by atomic mass is 10.1. The standard InChI is InChI=1S/C17H17ClN4O2/c1-10-7-12(13-8-20-22(2)16(13)21-10)17(24)19-9-15(23)11-5-3-4-6-14(11)18/h3-8,15,23H,9H2,1-2H3,(H,19,24). The number of benzene rings is 1. The minimum absolute atomic E-state index is 0.0612. The highest BCUT2D eigenvalue weighted by Gasteiger charge is 2.17. The number of carbonyl (C=O) groups is 1. The molecule has 0 saturated heterocycles. The summed E-state index contributed by atoms with van der Waals surface area (Å²) < 4.78 is 1.62. The molecule has 1 unspecified atom stereocenters. The number of hydrogen-bond donors (Lipinski definition) is 2. The molecule has 2 heterocycles. The van der Waals surface area contributed by atoms with E-state index in [-0.39, 0.29) is 12.5 Å². The maximum atomic E-state index is 12.5. The van der Waals surface area contributed by atoms with Gasteiger partial charge >= 0.3 is 0 Å². The van der Waals surface area contributed by atoms with E-state index in [0.29, 0.717) is 27.2 Å². The van der Waals surface area contributed by atoms with E-state index < -0.39 is 6.10 Å². The molecule has 1 aromatic carbocycles. The van der Waals surface area contributed by atoms with Crippen molar-refractivity contribution in [3.8, 4) is 0 Å². The van der Waals surface area contributed by atoms with Crippen LogP contribution in [0.15, 0.2) is 36.5 Å². The SMILES string of the molecule is Cc1cc(C(=O)NCC(O)c2ccccc2Cl)c2cnn(C)c2n1. The van der Waals surface area contributed by atoms with E-state index in [9.17, 15) is 9.90 Å². The molecule has 0 aliphatic rings. The first-order valence-corrected chi connectivity index (χ1v) is 7.85. The van der Waals surface area contributed by atoms with Crippen LogP contribution in [0, 0.1) is 6.92 Å². The van der Waals surface area contributed by atoms with Crippen LogP contribution in [0.5, 0.6) is 0 Å². The van der Waals surface area contributed by atoms with Crippen LogP contribution < -0.4 is 5.32 Å². The van der Waals surface area contributed by atoms with Crippen molar-refractivity contribution in [2.45, 2.75) is 13.0 Å². The molecule has 0 aliphatic heterocycles. The average Bonchev–Trinajstić information content (AvgIpc) is 2.93. The first-order valence-electron chi connectivity index (χ1n) is 7.47. The number of fused-ring (bicyclic) bond motifs is 1. The Labute approximate surface area is 144 Å². The Hall–Kier alpha value is -2.44. The Morgan fingerprint density at radius 1 is 1.42 bits per heavy atom. The molecule has 124 valence electrons. The third-order valence-corrected chi connectivity index (χ3v) is 4.14. The van der Waals surface area contributed by atoms with Crippen molar-refractivity contribution in [1.29, 1.82) is 0 Å². The summed E-state index contributed by atoms with van der Waals surface area (Å²) in [6, 6.07) is 8.72. The Kier molecular flexibility index (Phi) is 4.51. The van der Waals surface area contributed by atoms with Gasteiger partial charge in [-0.05, 0) is 19.1 Å². The minimum atomic E-state index is -0.880. The van der Waals surface area contributed by atoms with E-state index in [2.05, 4.69) is 15.4 Å². The van der Waals surface area contributed by atoms with Crippen LogP contribution in [-0.4, -0.2) is 32.3 Å². The number of amides is 1. The topological polar surface area (TPSA) is 80.0 Å². The van der Waals surface area contributed by atoms with Gasteiger partial charge in [-0.2, -0.15) is 5.10 Å². The summed E-state index contributed by atoms with van der Waals surface area (Å²) >= 11 is 6.06. The lowest BCUT2D eigenvalue weighted by Crippen LogP contribution is -2.28. The first-order chi connectivity index (χ1) is 11.5. The average molecular weight is 345 g/mol. The lowest BCUT2D eigenvalue weighted by Gasteiger charge is -2.14. The van der Waals surface area contributed by atoms with Gasteiger partial charge in [0.25, 0.3) is 5.91 Å². The first kappa shape index (κ1) is 16.4. The molecular weight excluding hydrogens is 328 g/mol. The molecule has 1 atom stereocenters. The number of aromatic nitrogens is 3. The number of nitrogens with one attached hydrogen (secondary N) is 1. The third-order valence-electron chi connectivity index (χ3n) is 3.80. The molecule has 0 bridgehead atoms. The molecule has 3 rings (SSSR count). The van der Waals surface area contributed by atoms with Gasteiger partial charge < -0.3 is 10.4 Å². The summed E-state index contributed by atoms with van der Waals surface area (Å²) in [4.78, 5) is 16.9. The van der Waals surface area contributed by atoms with Crippen molar-refractivity contribution in [2.75, 3.05) is 6.54 Å². The number of aryl methyl sites for hydroxylation is 2. The van der Waals surface area contributed by atoms with Gasteiger partial charge in [0.15, 0.2) is 5.65 Å². The van der Waals surface area contributed by atoms with Gasteiger partial charge in [-0.15, -0.1) is 0 Å². The Bertz CT molecular complexity index is 907. The molecule has 1 amide bonds.